The molecule has 0 bridgehead atoms. The van der Waals surface area contributed by atoms with E-state index in [1.165, 1.54) is 6.07 Å². The number of nitrogens with two attached hydrogens (primary N) is 1. The first-order valence-electron chi connectivity index (χ1n) is 5.88. The fourth-order valence-electron chi connectivity index (χ4n) is 2.02. The fourth-order valence-corrected chi connectivity index (χ4v) is 2.02. The average molecular weight is 244 g/mol. The second-order valence-electron chi connectivity index (χ2n) is 4.55. The molecule has 2 N–H and O–H groups in total. The SMILES string of the molecule is Cc1ccc(N(C)Cc2cccc(F)c2)c(N)c1. The monoisotopic (exact) mass is 244 g/mol. The lowest BCUT2D eigenvalue weighted by Gasteiger charge is -2.21. The van der Waals surface area contributed by atoms with E-state index in [-0.39, 0.29) is 5.82 Å². The maximum Gasteiger partial charge on any atom is 0.123 e. The summed E-state index contributed by atoms with van der Waals surface area (Å²) in [5.41, 5.74) is 9.76. The first-order valence-corrected chi connectivity index (χ1v) is 5.88. The van der Waals surface area contributed by atoms with Crippen molar-refractivity contribution in [1.82, 2.24) is 0 Å². The maximum atomic E-state index is 13.1. The summed E-state index contributed by atoms with van der Waals surface area (Å²) < 4.78 is 13.1. The van der Waals surface area contributed by atoms with Crippen LogP contribution in [0.15, 0.2) is 42.5 Å². The Balaban J connectivity index is 2.19. The lowest BCUT2D eigenvalue weighted by molar-refractivity contribution is 0.625. The molecule has 2 rings (SSSR count). The molecule has 0 aromatic heterocycles. The fraction of sp³-hybridized carbons (Fsp3) is 0.200. The molecule has 2 aromatic rings. The molecule has 0 aliphatic rings. The minimum absolute atomic E-state index is 0.210. The highest BCUT2D eigenvalue weighted by Gasteiger charge is 2.06. The van der Waals surface area contributed by atoms with Crippen LogP contribution in [0.25, 0.3) is 0 Å². The van der Waals surface area contributed by atoms with Gasteiger partial charge in [0.2, 0.25) is 0 Å². The van der Waals surface area contributed by atoms with Gasteiger partial charge in [0.25, 0.3) is 0 Å². The summed E-state index contributed by atoms with van der Waals surface area (Å²) in [7, 11) is 1.95. The smallest absolute Gasteiger partial charge is 0.123 e. The van der Waals surface area contributed by atoms with Crippen molar-refractivity contribution in [3.05, 3.63) is 59.4 Å². The molecule has 0 radical (unpaired) electrons. The van der Waals surface area contributed by atoms with Crippen LogP contribution in [-0.4, -0.2) is 7.05 Å². The molecule has 3 heteroatoms. The Bertz CT molecular complexity index is 552. The maximum absolute atomic E-state index is 13.1. The average Bonchev–Trinajstić information content (AvgIpc) is 2.28. The zero-order chi connectivity index (χ0) is 13.1. The van der Waals surface area contributed by atoms with Crippen LogP contribution in [-0.2, 0) is 6.54 Å². The van der Waals surface area contributed by atoms with Crippen LogP contribution < -0.4 is 10.6 Å². The molecular weight excluding hydrogens is 227 g/mol. The Kier molecular flexibility index (Phi) is 3.51. The summed E-state index contributed by atoms with van der Waals surface area (Å²) in [6, 6.07) is 12.6. The van der Waals surface area contributed by atoms with E-state index in [1.54, 1.807) is 12.1 Å². The molecule has 2 aromatic carbocycles. The number of rotatable bonds is 3. The predicted molar refractivity (Wildman–Crippen MR) is 74.1 cm³/mol. The summed E-state index contributed by atoms with van der Waals surface area (Å²) in [6.45, 7) is 2.64. The van der Waals surface area contributed by atoms with Gasteiger partial charge in [-0.3, -0.25) is 0 Å². The third-order valence-corrected chi connectivity index (χ3v) is 2.90. The largest absolute Gasteiger partial charge is 0.397 e. The Hall–Kier alpha value is -2.03. The van der Waals surface area contributed by atoms with Gasteiger partial charge >= 0.3 is 0 Å². The van der Waals surface area contributed by atoms with E-state index in [2.05, 4.69) is 0 Å². The molecule has 0 atom stereocenters. The Labute approximate surface area is 107 Å². The first kappa shape index (κ1) is 12.4. The quantitative estimate of drug-likeness (QED) is 0.839. The van der Waals surface area contributed by atoms with Crippen molar-refractivity contribution in [2.45, 2.75) is 13.5 Å². The van der Waals surface area contributed by atoms with E-state index in [1.807, 2.05) is 43.1 Å². The lowest BCUT2D eigenvalue weighted by atomic mass is 10.1. The topological polar surface area (TPSA) is 29.3 Å². The van der Waals surface area contributed by atoms with Crippen molar-refractivity contribution < 1.29 is 4.39 Å². The minimum Gasteiger partial charge on any atom is -0.397 e. The zero-order valence-electron chi connectivity index (χ0n) is 10.7. The normalized spacial score (nSPS) is 10.4. The summed E-state index contributed by atoms with van der Waals surface area (Å²) in [5, 5.41) is 0. The number of hydrogen-bond acceptors (Lipinski definition) is 2. The molecule has 0 heterocycles. The highest BCUT2D eigenvalue weighted by atomic mass is 19.1. The number of halogens is 1. The van der Waals surface area contributed by atoms with Gasteiger partial charge in [0.1, 0.15) is 5.82 Å². The van der Waals surface area contributed by atoms with Crippen LogP contribution >= 0.6 is 0 Å². The van der Waals surface area contributed by atoms with Gasteiger partial charge in [-0.25, -0.2) is 4.39 Å². The molecule has 94 valence electrons. The number of benzene rings is 2. The van der Waals surface area contributed by atoms with Crippen molar-refractivity contribution in [3.63, 3.8) is 0 Å². The highest BCUT2D eigenvalue weighted by molar-refractivity contribution is 5.68. The third-order valence-electron chi connectivity index (χ3n) is 2.90. The van der Waals surface area contributed by atoms with E-state index in [9.17, 15) is 4.39 Å². The molecule has 0 saturated heterocycles. The second kappa shape index (κ2) is 5.08. The Morgan fingerprint density at radius 3 is 2.61 bits per heavy atom. The molecule has 0 aliphatic carbocycles. The van der Waals surface area contributed by atoms with Gasteiger partial charge in [-0.05, 0) is 42.3 Å². The molecule has 0 unspecified atom stereocenters. The second-order valence-corrected chi connectivity index (χ2v) is 4.55. The molecule has 2 nitrogen and oxygen atoms in total. The van der Waals surface area contributed by atoms with Crippen LogP contribution in [0.3, 0.4) is 0 Å². The van der Waals surface area contributed by atoms with Crippen LogP contribution in [0.5, 0.6) is 0 Å². The molecule has 0 saturated carbocycles. The molecule has 0 fully saturated rings. The number of nitrogen functional groups attached to an aromatic ring is 1. The molecular formula is C15H17FN2. The third kappa shape index (κ3) is 2.80. The van der Waals surface area contributed by atoms with Crippen LogP contribution in [0, 0.1) is 12.7 Å². The van der Waals surface area contributed by atoms with Crippen molar-refractivity contribution >= 4 is 11.4 Å². The van der Waals surface area contributed by atoms with Crippen LogP contribution in [0.2, 0.25) is 0 Å². The highest BCUT2D eigenvalue weighted by Crippen LogP contribution is 2.24. The standard InChI is InChI=1S/C15H17FN2/c1-11-6-7-15(14(17)8-11)18(2)10-12-4-3-5-13(16)9-12/h3-9H,10,17H2,1-2H3. The summed E-state index contributed by atoms with van der Waals surface area (Å²) >= 11 is 0. The molecule has 0 aliphatic heterocycles. The van der Waals surface area contributed by atoms with Crippen molar-refractivity contribution in [2.75, 3.05) is 17.7 Å². The van der Waals surface area contributed by atoms with E-state index < -0.39 is 0 Å². The first-order chi connectivity index (χ1) is 8.56. The van der Waals surface area contributed by atoms with Gasteiger partial charge in [0.15, 0.2) is 0 Å². The Morgan fingerprint density at radius 1 is 1.17 bits per heavy atom. The number of hydrogen-bond donors (Lipinski definition) is 1. The molecule has 0 spiro atoms. The van der Waals surface area contributed by atoms with E-state index in [0.29, 0.717) is 6.54 Å². The van der Waals surface area contributed by atoms with E-state index in [4.69, 9.17) is 5.73 Å². The Morgan fingerprint density at radius 2 is 1.94 bits per heavy atom. The van der Waals surface area contributed by atoms with Gasteiger partial charge < -0.3 is 10.6 Å². The number of nitrogens with zero attached hydrogens (tertiary/aromatic N) is 1. The summed E-state index contributed by atoms with van der Waals surface area (Å²) in [5.74, 6) is -0.210. The van der Waals surface area contributed by atoms with E-state index >= 15 is 0 Å². The van der Waals surface area contributed by atoms with Crippen LogP contribution in [0.1, 0.15) is 11.1 Å². The summed E-state index contributed by atoms with van der Waals surface area (Å²) in [6.07, 6.45) is 0. The molecule has 0 amide bonds. The number of anilines is 2. The van der Waals surface area contributed by atoms with Gasteiger partial charge in [-0.15, -0.1) is 0 Å². The summed E-state index contributed by atoms with van der Waals surface area (Å²) in [4.78, 5) is 2.02. The van der Waals surface area contributed by atoms with Crippen molar-refractivity contribution in [2.24, 2.45) is 0 Å². The minimum atomic E-state index is -0.210. The van der Waals surface area contributed by atoms with E-state index in [0.717, 1.165) is 22.5 Å². The van der Waals surface area contributed by atoms with Crippen LogP contribution in [0.4, 0.5) is 15.8 Å². The van der Waals surface area contributed by atoms with Gasteiger partial charge in [0.05, 0.1) is 11.4 Å². The van der Waals surface area contributed by atoms with Gasteiger partial charge in [0, 0.05) is 13.6 Å². The zero-order valence-corrected chi connectivity index (χ0v) is 10.7. The predicted octanol–water partition coefficient (Wildman–Crippen LogP) is 3.35. The van der Waals surface area contributed by atoms with Gasteiger partial charge in [-0.1, -0.05) is 18.2 Å². The van der Waals surface area contributed by atoms with Gasteiger partial charge in [-0.2, -0.15) is 0 Å². The van der Waals surface area contributed by atoms with Crippen molar-refractivity contribution in [1.29, 1.82) is 0 Å². The van der Waals surface area contributed by atoms with Crippen molar-refractivity contribution in [3.8, 4) is 0 Å². The lowest BCUT2D eigenvalue weighted by Crippen LogP contribution is -2.17. The molecule has 18 heavy (non-hydrogen) atoms. The number of aryl methyl sites for hydroxylation is 1.